The Labute approximate surface area is 110 Å². The minimum atomic E-state index is -0.238. The molecular weight excluding hydrogens is 247 g/mol. The maximum Gasteiger partial charge on any atom is 0.123 e. The molecule has 2 aromatic carbocycles. The van der Waals surface area contributed by atoms with E-state index in [1.54, 1.807) is 17.8 Å². The predicted molar refractivity (Wildman–Crippen MR) is 73.6 cm³/mol. The van der Waals surface area contributed by atoms with Gasteiger partial charge in [-0.2, -0.15) is 0 Å². The van der Waals surface area contributed by atoms with Gasteiger partial charge in [-0.15, -0.1) is 11.8 Å². The third kappa shape index (κ3) is 3.57. The number of halogens is 1. The van der Waals surface area contributed by atoms with Gasteiger partial charge in [0.2, 0.25) is 0 Å². The average molecular weight is 262 g/mol. The van der Waals surface area contributed by atoms with E-state index < -0.39 is 0 Å². The van der Waals surface area contributed by atoms with Crippen molar-refractivity contribution in [3.8, 4) is 0 Å². The monoisotopic (exact) mass is 262 g/mol. The smallest absolute Gasteiger partial charge is 0.123 e. The van der Waals surface area contributed by atoms with E-state index in [0.717, 1.165) is 11.3 Å². The normalized spacial score (nSPS) is 12.3. The van der Waals surface area contributed by atoms with Gasteiger partial charge in [0, 0.05) is 10.6 Å². The molecule has 0 aromatic heterocycles. The maximum absolute atomic E-state index is 13.2. The molecule has 0 spiro atoms. The Kier molecular flexibility index (Phi) is 4.75. The van der Waals surface area contributed by atoms with Crippen LogP contribution in [0.15, 0.2) is 59.5 Å². The molecule has 0 aliphatic rings. The fraction of sp³-hybridized carbons (Fsp3) is 0.143. The van der Waals surface area contributed by atoms with E-state index in [9.17, 15) is 4.39 Å². The summed E-state index contributed by atoms with van der Waals surface area (Å²) in [7, 11) is 0. The summed E-state index contributed by atoms with van der Waals surface area (Å²) in [5.41, 5.74) is 3.59. The van der Waals surface area contributed by atoms with Gasteiger partial charge in [-0.05, 0) is 29.8 Å². The quantitative estimate of drug-likeness (QED) is 0.494. The van der Waals surface area contributed by atoms with Crippen molar-refractivity contribution in [2.75, 3.05) is 5.75 Å². The fourth-order valence-corrected chi connectivity index (χ4v) is 2.66. The van der Waals surface area contributed by atoms with Crippen LogP contribution in [-0.2, 0) is 0 Å². The third-order valence-corrected chi connectivity index (χ3v) is 3.72. The zero-order chi connectivity index (χ0) is 12.8. The third-order valence-electron chi connectivity index (χ3n) is 2.61. The van der Waals surface area contributed by atoms with E-state index in [-0.39, 0.29) is 11.9 Å². The summed E-state index contributed by atoms with van der Waals surface area (Å²) >= 11 is 1.69. The maximum atomic E-state index is 13.2. The lowest BCUT2D eigenvalue weighted by Gasteiger charge is -2.16. The molecule has 1 atom stereocenters. The lowest BCUT2D eigenvalue weighted by molar-refractivity contribution is 0.591. The minimum absolute atomic E-state index is 0.0640. The van der Waals surface area contributed by atoms with E-state index in [2.05, 4.69) is 5.43 Å². The molecular formula is C14H15FN2S. The second-order valence-electron chi connectivity index (χ2n) is 3.90. The molecule has 2 rings (SSSR count). The fourth-order valence-electron chi connectivity index (χ4n) is 1.66. The van der Waals surface area contributed by atoms with Crippen molar-refractivity contribution in [3.63, 3.8) is 0 Å². The molecule has 0 aliphatic heterocycles. The highest BCUT2D eigenvalue weighted by molar-refractivity contribution is 7.99. The van der Waals surface area contributed by atoms with Crippen LogP contribution >= 0.6 is 11.8 Å². The molecule has 94 valence electrons. The van der Waals surface area contributed by atoms with Crippen LogP contribution in [0.5, 0.6) is 0 Å². The van der Waals surface area contributed by atoms with Gasteiger partial charge in [0.25, 0.3) is 0 Å². The average Bonchev–Trinajstić information content (AvgIpc) is 2.41. The molecule has 0 heterocycles. The van der Waals surface area contributed by atoms with Gasteiger partial charge in [0.1, 0.15) is 5.82 Å². The van der Waals surface area contributed by atoms with Crippen molar-refractivity contribution in [2.24, 2.45) is 5.84 Å². The number of benzene rings is 2. The van der Waals surface area contributed by atoms with E-state index in [1.165, 1.54) is 17.0 Å². The van der Waals surface area contributed by atoms with Gasteiger partial charge >= 0.3 is 0 Å². The standard InChI is InChI=1S/C14H15FN2S/c15-12-6-4-5-11(9-12)14(17-16)10-18-13-7-2-1-3-8-13/h1-9,14,17H,10,16H2. The van der Waals surface area contributed by atoms with Gasteiger partial charge in [0.05, 0.1) is 6.04 Å². The van der Waals surface area contributed by atoms with Crippen molar-refractivity contribution in [3.05, 3.63) is 66.0 Å². The molecule has 1 unspecified atom stereocenters. The van der Waals surface area contributed by atoms with Crippen LogP contribution in [0.2, 0.25) is 0 Å². The summed E-state index contributed by atoms with van der Waals surface area (Å²) in [6.07, 6.45) is 0. The Bertz CT molecular complexity index is 490. The van der Waals surface area contributed by atoms with E-state index in [0.29, 0.717) is 0 Å². The van der Waals surface area contributed by atoms with Crippen molar-refractivity contribution in [1.82, 2.24) is 5.43 Å². The van der Waals surface area contributed by atoms with Gasteiger partial charge < -0.3 is 0 Å². The minimum Gasteiger partial charge on any atom is -0.271 e. The second kappa shape index (κ2) is 6.54. The summed E-state index contributed by atoms with van der Waals surface area (Å²) in [6.45, 7) is 0. The zero-order valence-corrected chi connectivity index (χ0v) is 10.7. The molecule has 0 fully saturated rings. The Morgan fingerprint density at radius 2 is 1.89 bits per heavy atom. The Morgan fingerprint density at radius 3 is 2.56 bits per heavy atom. The molecule has 0 radical (unpaired) electrons. The molecule has 0 amide bonds. The van der Waals surface area contributed by atoms with Crippen molar-refractivity contribution >= 4 is 11.8 Å². The highest BCUT2D eigenvalue weighted by atomic mass is 32.2. The zero-order valence-electron chi connectivity index (χ0n) is 9.84. The molecule has 2 nitrogen and oxygen atoms in total. The first-order chi connectivity index (χ1) is 8.79. The Morgan fingerprint density at radius 1 is 1.11 bits per heavy atom. The highest BCUT2D eigenvalue weighted by Crippen LogP contribution is 2.24. The number of hydrogen-bond donors (Lipinski definition) is 2. The second-order valence-corrected chi connectivity index (χ2v) is 4.99. The molecule has 4 heteroatoms. The van der Waals surface area contributed by atoms with Crippen LogP contribution in [0.1, 0.15) is 11.6 Å². The first-order valence-electron chi connectivity index (χ1n) is 5.69. The van der Waals surface area contributed by atoms with Crippen LogP contribution in [-0.4, -0.2) is 5.75 Å². The Balaban J connectivity index is 2.02. The van der Waals surface area contributed by atoms with Crippen LogP contribution < -0.4 is 11.3 Å². The molecule has 2 aromatic rings. The lowest BCUT2D eigenvalue weighted by atomic mass is 10.1. The Hall–Kier alpha value is -1.36. The first kappa shape index (κ1) is 13.1. The molecule has 18 heavy (non-hydrogen) atoms. The van der Waals surface area contributed by atoms with E-state index in [1.807, 2.05) is 36.4 Å². The molecule has 3 N–H and O–H groups in total. The summed E-state index contributed by atoms with van der Waals surface area (Å²) < 4.78 is 13.2. The van der Waals surface area contributed by atoms with Crippen molar-refractivity contribution in [1.29, 1.82) is 0 Å². The van der Waals surface area contributed by atoms with Crippen LogP contribution in [0.4, 0.5) is 4.39 Å². The SMILES string of the molecule is NNC(CSc1ccccc1)c1cccc(F)c1. The number of nitrogens with two attached hydrogens (primary N) is 1. The molecule has 0 bridgehead atoms. The number of thioether (sulfide) groups is 1. The van der Waals surface area contributed by atoms with Gasteiger partial charge in [-0.25, -0.2) is 4.39 Å². The van der Waals surface area contributed by atoms with Crippen molar-refractivity contribution in [2.45, 2.75) is 10.9 Å². The molecule has 0 aliphatic carbocycles. The topological polar surface area (TPSA) is 38.0 Å². The lowest BCUT2D eigenvalue weighted by Crippen LogP contribution is -2.29. The highest BCUT2D eigenvalue weighted by Gasteiger charge is 2.10. The summed E-state index contributed by atoms with van der Waals surface area (Å²) in [6, 6.07) is 16.5. The van der Waals surface area contributed by atoms with E-state index >= 15 is 0 Å². The predicted octanol–water partition coefficient (Wildman–Crippen LogP) is 3.12. The van der Waals surface area contributed by atoms with Gasteiger partial charge in [-0.3, -0.25) is 11.3 Å². The number of rotatable bonds is 5. The number of nitrogens with one attached hydrogen (secondary N) is 1. The van der Waals surface area contributed by atoms with Crippen LogP contribution in [0.3, 0.4) is 0 Å². The van der Waals surface area contributed by atoms with Crippen LogP contribution in [0.25, 0.3) is 0 Å². The van der Waals surface area contributed by atoms with Gasteiger partial charge in [-0.1, -0.05) is 30.3 Å². The van der Waals surface area contributed by atoms with Crippen LogP contribution in [0, 0.1) is 5.82 Å². The largest absolute Gasteiger partial charge is 0.271 e. The van der Waals surface area contributed by atoms with E-state index in [4.69, 9.17) is 5.84 Å². The van der Waals surface area contributed by atoms with Gasteiger partial charge in [0.15, 0.2) is 0 Å². The number of hydrogen-bond acceptors (Lipinski definition) is 3. The molecule has 0 saturated carbocycles. The number of hydrazine groups is 1. The molecule has 0 saturated heterocycles. The summed E-state index contributed by atoms with van der Waals surface area (Å²) in [4.78, 5) is 1.18. The summed E-state index contributed by atoms with van der Waals surface area (Å²) in [5, 5.41) is 0. The summed E-state index contributed by atoms with van der Waals surface area (Å²) in [5.74, 6) is 6.05. The van der Waals surface area contributed by atoms with Crippen molar-refractivity contribution < 1.29 is 4.39 Å². The first-order valence-corrected chi connectivity index (χ1v) is 6.67.